The summed E-state index contributed by atoms with van der Waals surface area (Å²) in [5, 5.41) is 8.64. The van der Waals surface area contributed by atoms with Crippen LogP contribution in [-0.2, 0) is 0 Å². The molecule has 1 nitrogen and oxygen atoms in total. The van der Waals surface area contributed by atoms with E-state index in [2.05, 4.69) is 19.1 Å². The number of rotatable bonds is 14. The molecule has 0 aromatic carbocycles. The Hall–Kier alpha value is -0.300. The highest BCUT2D eigenvalue weighted by molar-refractivity contribution is 4.81. The van der Waals surface area contributed by atoms with Crippen LogP contribution in [0.25, 0.3) is 0 Å². The number of hydrogen-bond donors (Lipinski definition) is 1. The van der Waals surface area contributed by atoms with Gasteiger partial charge in [-0.1, -0.05) is 70.4 Å². The normalized spacial score (nSPS) is 11.4. The Labute approximate surface area is 115 Å². The van der Waals surface area contributed by atoms with E-state index >= 15 is 0 Å². The first-order chi connectivity index (χ1) is 8.91. The van der Waals surface area contributed by atoms with Gasteiger partial charge in [-0.25, -0.2) is 0 Å². The first-order valence-corrected chi connectivity index (χ1v) is 8.17. The van der Waals surface area contributed by atoms with E-state index in [-0.39, 0.29) is 0 Å². The second-order valence-electron chi connectivity index (χ2n) is 5.31. The van der Waals surface area contributed by atoms with Crippen LogP contribution in [0.2, 0.25) is 0 Å². The minimum atomic E-state index is 0.349. The molecule has 0 saturated carbocycles. The van der Waals surface area contributed by atoms with Crippen molar-refractivity contribution in [2.75, 3.05) is 6.61 Å². The van der Waals surface area contributed by atoms with Crippen molar-refractivity contribution >= 4 is 0 Å². The second-order valence-corrected chi connectivity index (χ2v) is 5.31. The van der Waals surface area contributed by atoms with Crippen LogP contribution in [0.4, 0.5) is 0 Å². The fourth-order valence-electron chi connectivity index (χ4n) is 2.18. The van der Waals surface area contributed by atoms with Gasteiger partial charge < -0.3 is 5.11 Å². The summed E-state index contributed by atoms with van der Waals surface area (Å²) in [6.45, 7) is 2.62. The first kappa shape index (κ1) is 17.7. The van der Waals surface area contributed by atoms with Crippen molar-refractivity contribution in [1.82, 2.24) is 0 Å². The highest BCUT2D eigenvalue weighted by atomic mass is 16.2. The zero-order chi connectivity index (χ0) is 13.3. The molecular weight excluding hydrogens is 220 g/mol. The number of aliphatic hydroxyl groups excluding tert-OH is 1. The zero-order valence-corrected chi connectivity index (χ0v) is 12.5. The van der Waals surface area contributed by atoms with Crippen molar-refractivity contribution < 1.29 is 5.11 Å². The van der Waals surface area contributed by atoms with E-state index in [0.29, 0.717) is 6.61 Å². The van der Waals surface area contributed by atoms with Crippen molar-refractivity contribution in [3.63, 3.8) is 0 Å². The molecule has 0 aliphatic carbocycles. The Kier molecular flexibility index (Phi) is 16.4. The quantitative estimate of drug-likeness (QED) is 0.315. The minimum Gasteiger partial charge on any atom is -0.396 e. The molecule has 0 fully saturated rings. The van der Waals surface area contributed by atoms with E-state index in [9.17, 15) is 0 Å². The molecule has 0 radical (unpaired) electrons. The van der Waals surface area contributed by atoms with E-state index in [0.717, 1.165) is 6.42 Å². The summed E-state index contributed by atoms with van der Waals surface area (Å²) >= 11 is 0. The summed E-state index contributed by atoms with van der Waals surface area (Å²) in [7, 11) is 0. The largest absolute Gasteiger partial charge is 0.396 e. The first-order valence-electron chi connectivity index (χ1n) is 8.17. The minimum absolute atomic E-state index is 0.349. The van der Waals surface area contributed by atoms with Gasteiger partial charge in [0.25, 0.3) is 0 Å². The lowest BCUT2D eigenvalue weighted by molar-refractivity contribution is 0.283. The average Bonchev–Trinajstić information content (AvgIpc) is 2.39. The van der Waals surface area contributed by atoms with Crippen LogP contribution in [0, 0.1) is 0 Å². The molecule has 0 heterocycles. The molecule has 0 saturated heterocycles. The van der Waals surface area contributed by atoms with Crippen LogP contribution >= 0.6 is 0 Å². The molecular formula is C17H34O. The molecule has 0 amide bonds. The highest BCUT2D eigenvalue weighted by Gasteiger charge is 1.90. The van der Waals surface area contributed by atoms with E-state index in [4.69, 9.17) is 5.11 Å². The van der Waals surface area contributed by atoms with Gasteiger partial charge >= 0.3 is 0 Å². The lowest BCUT2D eigenvalue weighted by Crippen LogP contribution is -1.82. The van der Waals surface area contributed by atoms with E-state index in [1.165, 1.54) is 77.0 Å². The van der Waals surface area contributed by atoms with Gasteiger partial charge in [-0.2, -0.15) is 0 Å². The lowest BCUT2D eigenvalue weighted by Gasteiger charge is -1.99. The van der Waals surface area contributed by atoms with Crippen LogP contribution in [0.3, 0.4) is 0 Å². The molecule has 18 heavy (non-hydrogen) atoms. The molecule has 108 valence electrons. The number of hydrogen-bond acceptors (Lipinski definition) is 1. The third kappa shape index (κ3) is 15.7. The van der Waals surface area contributed by atoms with Gasteiger partial charge in [0, 0.05) is 6.61 Å². The lowest BCUT2D eigenvalue weighted by atomic mass is 10.1. The van der Waals surface area contributed by atoms with Gasteiger partial charge in [-0.15, -0.1) is 0 Å². The maximum Gasteiger partial charge on any atom is 0.0431 e. The third-order valence-corrected chi connectivity index (χ3v) is 3.42. The molecule has 0 aliphatic heterocycles. The van der Waals surface area contributed by atoms with E-state index in [1.807, 2.05) is 0 Å². The van der Waals surface area contributed by atoms with Crippen molar-refractivity contribution in [3.8, 4) is 0 Å². The van der Waals surface area contributed by atoms with Gasteiger partial charge in [0.2, 0.25) is 0 Å². The second kappa shape index (κ2) is 16.7. The molecule has 0 rings (SSSR count). The van der Waals surface area contributed by atoms with E-state index in [1.54, 1.807) is 0 Å². The molecule has 0 atom stereocenters. The molecule has 0 bridgehead atoms. The Bertz CT molecular complexity index is 163. The summed E-state index contributed by atoms with van der Waals surface area (Å²) in [6.07, 6.45) is 21.7. The maximum atomic E-state index is 8.64. The molecule has 0 aromatic rings. The van der Waals surface area contributed by atoms with Gasteiger partial charge in [0.15, 0.2) is 0 Å². The van der Waals surface area contributed by atoms with Crippen molar-refractivity contribution in [3.05, 3.63) is 12.2 Å². The molecule has 0 unspecified atom stereocenters. The summed E-state index contributed by atoms with van der Waals surface area (Å²) in [4.78, 5) is 0. The van der Waals surface area contributed by atoms with Crippen molar-refractivity contribution in [1.29, 1.82) is 0 Å². The monoisotopic (exact) mass is 254 g/mol. The average molecular weight is 254 g/mol. The zero-order valence-electron chi connectivity index (χ0n) is 12.5. The molecule has 0 aliphatic rings. The SMILES string of the molecule is CCCCCCCCCC/C=C/CCCCCO. The Morgan fingerprint density at radius 1 is 0.611 bits per heavy atom. The molecule has 0 aromatic heterocycles. The summed E-state index contributed by atoms with van der Waals surface area (Å²) in [6, 6.07) is 0. The van der Waals surface area contributed by atoms with Crippen molar-refractivity contribution in [2.45, 2.75) is 90.4 Å². The summed E-state index contributed by atoms with van der Waals surface area (Å²) in [5.74, 6) is 0. The predicted octanol–water partition coefficient (Wildman–Crippen LogP) is 5.63. The smallest absolute Gasteiger partial charge is 0.0431 e. The van der Waals surface area contributed by atoms with Gasteiger partial charge in [0.1, 0.15) is 0 Å². The third-order valence-electron chi connectivity index (χ3n) is 3.42. The summed E-state index contributed by atoms with van der Waals surface area (Å²) < 4.78 is 0. The number of unbranched alkanes of at least 4 members (excludes halogenated alkanes) is 11. The van der Waals surface area contributed by atoms with Crippen LogP contribution in [-0.4, -0.2) is 11.7 Å². The highest BCUT2D eigenvalue weighted by Crippen LogP contribution is 2.10. The van der Waals surface area contributed by atoms with Crippen LogP contribution in [0.15, 0.2) is 12.2 Å². The molecule has 0 spiro atoms. The van der Waals surface area contributed by atoms with E-state index < -0.39 is 0 Å². The van der Waals surface area contributed by atoms with Crippen LogP contribution < -0.4 is 0 Å². The fraction of sp³-hybridized carbons (Fsp3) is 0.882. The van der Waals surface area contributed by atoms with Crippen LogP contribution in [0.1, 0.15) is 90.4 Å². The topological polar surface area (TPSA) is 20.2 Å². The van der Waals surface area contributed by atoms with Crippen molar-refractivity contribution in [2.24, 2.45) is 0 Å². The molecule has 1 N–H and O–H groups in total. The Morgan fingerprint density at radius 2 is 1.06 bits per heavy atom. The predicted molar refractivity (Wildman–Crippen MR) is 81.9 cm³/mol. The standard InChI is InChI=1S/C17H34O/c1-2-3-4-5-6-7-8-9-10-11-12-13-14-15-16-17-18/h11-12,18H,2-10,13-17H2,1H3/b12-11+. The van der Waals surface area contributed by atoms with Gasteiger partial charge in [-0.05, 0) is 32.1 Å². The fourth-order valence-corrected chi connectivity index (χ4v) is 2.18. The van der Waals surface area contributed by atoms with Gasteiger partial charge in [0.05, 0.1) is 0 Å². The number of allylic oxidation sites excluding steroid dienone is 2. The Morgan fingerprint density at radius 3 is 1.56 bits per heavy atom. The van der Waals surface area contributed by atoms with Gasteiger partial charge in [-0.3, -0.25) is 0 Å². The van der Waals surface area contributed by atoms with Crippen LogP contribution in [0.5, 0.6) is 0 Å². The summed E-state index contributed by atoms with van der Waals surface area (Å²) in [5.41, 5.74) is 0. The number of aliphatic hydroxyl groups is 1. The molecule has 1 heteroatoms. The maximum absolute atomic E-state index is 8.64. The Balaban J connectivity index is 2.99.